The van der Waals surface area contributed by atoms with Crippen molar-refractivity contribution in [3.63, 3.8) is 0 Å². The Morgan fingerprint density at radius 1 is 1.40 bits per heavy atom. The van der Waals surface area contributed by atoms with Gasteiger partial charge in [0.05, 0.1) is 17.2 Å². The van der Waals surface area contributed by atoms with Gasteiger partial charge in [0.2, 0.25) is 0 Å². The van der Waals surface area contributed by atoms with Gasteiger partial charge < -0.3 is 9.84 Å². The van der Waals surface area contributed by atoms with Gasteiger partial charge in [-0.1, -0.05) is 24.6 Å². The molecule has 3 heteroatoms. The Labute approximate surface area is 95.8 Å². The Kier molecular flexibility index (Phi) is 4.43. The standard InChI is InChI=1S/C12H17ClO2/c1-4-8(2)15-12-6-5-10(9(3)14)7-11(12)13/h5-9,14H,4H2,1-3H3/t8?,9-/m0/s1. The molecule has 0 aliphatic rings. The maximum atomic E-state index is 9.37. The average Bonchev–Trinajstić information content (AvgIpc) is 2.20. The number of rotatable bonds is 4. The normalized spacial score (nSPS) is 14.7. The van der Waals surface area contributed by atoms with E-state index in [1.165, 1.54) is 0 Å². The number of hydrogen-bond acceptors (Lipinski definition) is 2. The van der Waals surface area contributed by atoms with E-state index in [1.807, 2.05) is 13.0 Å². The van der Waals surface area contributed by atoms with Crippen LogP contribution in [0.3, 0.4) is 0 Å². The zero-order valence-electron chi connectivity index (χ0n) is 9.33. The van der Waals surface area contributed by atoms with Gasteiger partial charge in [0.15, 0.2) is 0 Å². The van der Waals surface area contributed by atoms with Crippen molar-refractivity contribution in [3.8, 4) is 5.75 Å². The minimum absolute atomic E-state index is 0.153. The average molecular weight is 229 g/mol. The van der Waals surface area contributed by atoms with E-state index in [1.54, 1.807) is 19.1 Å². The van der Waals surface area contributed by atoms with E-state index in [-0.39, 0.29) is 6.10 Å². The van der Waals surface area contributed by atoms with Crippen LogP contribution < -0.4 is 4.74 Å². The number of benzene rings is 1. The van der Waals surface area contributed by atoms with Gasteiger partial charge in [0, 0.05) is 0 Å². The molecule has 1 rings (SSSR count). The van der Waals surface area contributed by atoms with Crippen LogP contribution in [0.4, 0.5) is 0 Å². The predicted molar refractivity (Wildman–Crippen MR) is 62.5 cm³/mol. The van der Waals surface area contributed by atoms with Crippen LogP contribution in [-0.4, -0.2) is 11.2 Å². The first-order valence-electron chi connectivity index (χ1n) is 5.18. The highest BCUT2D eigenvalue weighted by atomic mass is 35.5. The molecular formula is C12H17ClO2. The van der Waals surface area contributed by atoms with Crippen LogP contribution in [0.15, 0.2) is 18.2 Å². The van der Waals surface area contributed by atoms with Gasteiger partial charge in [0.25, 0.3) is 0 Å². The Morgan fingerprint density at radius 3 is 2.53 bits per heavy atom. The van der Waals surface area contributed by atoms with E-state index in [0.29, 0.717) is 10.8 Å². The molecule has 1 aromatic rings. The largest absolute Gasteiger partial charge is 0.489 e. The van der Waals surface area contributed by atoms with E-state index in [2.05, 4.69) is 6.92 Å². The Morgan fingerprint density at radius 2 is 2.07 bits per heavy atom. The summed E-state index contributed by atoms with van der Waals surface area (Å²) in [5.41, 5.74) is 0.802. The zero-order chi connectivity index (χ0) is 11.4. The third-order valence-electron chi connectivity index (χ3n) is 2.34. The van der Waals surface area contributed by atoms with Crippen molar-refractivity contribution in [3.05, 3.63) is 28.8 Å². The molecule has 1 aromatic carbocycles. The molecule has 0 amide bonds. The highest BCUT2D eigenvalue weighted by molar-refractivity contribution is 6.32. The van der Waals surface area contributed by atoms with E-state index in [4.69, 9.17) is 16.3 Å². The molecule has 0 radical (unpaired) electrons. The number of halogens is 1. The van der Waals surface area contributed by atoms with Crippen molar-refractivity contribution in [1.82, 2.24) is 0 Å². The highest BCUT2D eigenvalue weighted by Crippen LogP contribution is 2.28. The molecule has 0 saturated carbocycles. The van der Waals surface area contributed by atoms with Gasteiger partial charge in [0.1, 0.15) is 5.75 Å². The van der Waals surface area contributed by atoms with Gasteiger partial charge in [-0.2, -0.15) is 0 Å². The summed E-state index contributed by atoms with van der Waals surface area (Å²) in [6.45, 7) is 5.77. The molecular weight excluding hydrogens is 212 g/mol. The molecule has 84 valence electrons. The summed E-state index contributed by atoms with van der Waals surface area (Å²) in [6.07, 6.45) is 0.592. The fraction of sp³-hybridized carbons (Fsp3) is 0.500. The number of hydrogen-bond donors (Lipinski definition) is 1. The van der Waals surface area contributed by atoms with Crippen molar-refractivity contribution in [2.75, 3.05) is 0 Å². The molecule has 0 bridgehead atoms. The summed E-state index contributed by atoms with van der Waals surface area (Å²) in [5, 5.41) is 9.92. The van der Waals surface area contributed by atoms with Crippen LogP contribution in [0.2, 0.25) is 5.02 Å². The molecule has 0 spiro atoms. The molecule has 0 saturated heterocycles. The number of aliphatic hydroxyl groups is 1. The van der Waals surface area contributed by atoms with Gasteiger partial charge in [-0.15, -0.1) is 0 Å². The van der Waals surface area contributed by atoms with Crippen LogP contribution in [0.5, 0.6) is 5.75 Å². The summed E-state index contributed by atoms with van der Waals surface area (Å²) >= 11 is 6.04. The number of ether oxygens (including phenoxy) is 1. The molecule has 0 fully saturated rings. The second-order valence-electron chi connectivity index (χ2n) is 3.70. The maximum Gasteiger partial charge on any atom is 0.138 e. The number of aliphatic hydroxyl groups excluding tert-OH is 1. The van der Waals surface area contributed by atoms with Crippen LogP contribution in [0.25, 0.3) is 0 Å². The Balaban J connectivity index is 2.83. The molecule has 2 nitrogen and oxygen atoms in total. The fourth-order valence-electron chi connectivity index (χ4n) is 1.17. The molecule has 1 unspecified atom stereocenters. The van der Waals surface area contributed by atoms with E-state index < -0.39 is 6.10 Å². The Bertz CT molecular complexity index is 323. The van der Waals surface area contributed by atoms with Crippen LogP contribution in [0, 0.1) is 0 Å². The quantitative estimate of drug-likeness (QED) is 0.854. The predicted octanol–water partition coefficient (Wildman–Crippen LogP) is 3.57. The third kappa shape index (κ3) is 3.40. The zero-order valence-corrected chi connectivity index (χ0v) is 10.1. The molecule has 2 atom stereocenters. The maximum absolute atomic E-state index is 9.37. The van der Waals surface area contributed by atoms with Crippen molar-refractivity contribution in [2.24, 2.45) is 0 Å². The van der Waals surface area contributed by atoms with Crippen LogP contribution in [0.1, 0.15) is 38.9 Å². The van der Waals surface area contributed by atoms with Crippen molar-refractivity contribution in [2.45, 2.75) is 39.4 Å². The van der Waals surface area contributed by atoms with Crippen molar-refractivity contribution in [1.29, 1.82) is 0 Å². The van der Waals surface area contributed by atoms with Gasteiger partial charge >= 0.3 is 0 Å². The molecule has 1 N–H and O–H groups in total. The monoisotopic (exact) mass is 228 g/mol. The minimum atomic E-state index is -0.500. The lowest BCUT2D eigenvalue weighted by atomic mass is 10.1. The van der Waals surface area contributed by atoms with Gasteiger partial charge in [-0.3, -0.25) is 0 Å². The first kappa shape index (κ1) is 12.3. The van der Waals surface area contributed by atoms with E-state index in [0.717, 1.165) is 12.0 Å². The Hall–Kier alpha value is -0.730. The van der Waals surface area contributed by atoms with Crippen LogP contribution in [-0.2, 0) is 0 Å². The van der Waals surface area contributed by atoms with Crippen molar-refractivity contribution < 1.29 is 9.84 Å². The first-order valence-corrected chi connectivity index (χ1v) is 5.56. The summed E-state index contributed by atoms with van der Waals surface area (Å²) in [5.74, 6) is 0.676. The van der Waals surface area contributed by atoms with E-state index in [9.17, 15) is 5.11 Å². The lowest BCUT2D eigenvalue weighted by Crippen LogP contribution is -2.10. The molecule has 0 aliphatic heterocycles. The van der Waals surface area contributed by atoms with Gasteiger partial charge in [-0.05, 0) is 38.0 Å². The SMILES string of the molecule is CCC(C)Oc1ccc([C@H](C)O)cc1Cl. The second kappa shape index (κ2) is 5.38. The van der Waals surface area contributed by atoms with Crippen molar-refractivity contribution >= 4 is 11.6 Å². The summed E-state index contributed by atoms with van der Waals surface area (Å²) in [4.78, 5) is 0. The minimum Gasteiger partial charge on any atom is -0.489 e. The van der Waals surface area contributed by atoms with E-state index >= 15 is 0 Å². The highest BCUT2D eigenvalue weighted by Gasteiger charge is 2.08. The smallest absolute Gasteiger partial charge is 0.138 e. The third-order valence-corrected chi connectivity index (χ3v) is 2.64. The molecule has 0 aliphatic carbocycles. The topological polar surface area (TPSA) is 29.5 Å². The summed E-state index contributed by atoms with van der Waals surface area (Å²) in [7, 11) is 0. The van der Waals surface area contributed by atoms with Gasteiger partial charge in [-0.25, -0.2) is 0 Å². The fourth-order valence-corrected chi connectivity index (χ4v) is 1.41. The van der Waals surface area contributed by atoms with Crippen LogP contribution >= 0.6 is 11.6 Å². The summed E-state index contributed by atoms with van der Waals surface area (Å²) in [6, 6.07) is 5.37. The lowest BCUT2D eigenvalue weighted by molar-refractivity contribution is 0.198. The first-order chi connectivity index (χ1) is 7.04. The molecule has 15 heavy (non-hydrogen) atoms. The lowest BCUT2D eigenvalue weighted by Gasteiger charge is -2.15. The summed E-state index contributed by atoms with van der Waals surface area (Å²) < 4.78 is 5.62. The molecule has 0 aromatic heterocycles. The second-order valence-corrected chi connectivity index (χ2v) is 4.11. The molecule has 0 heterocycles.